The van der Waals surface area contributed by atoms with Crippen molar-refractivity contribution in [2.75, 3.05) is 20.6 Å². The average Bonchev–Trinajstić information content (AvgIpc) is 3.23. The number of piperidine rings is 1. The van der Waals surface area contributed by atoms with Crippen molar-refractivity contribution in [3.8, 4) is 0 Å². The number of hydrogen-bond acceptors (Lipinski definition) is 3. The summed E-state index contributed by atoms with van der Waals surface area (Å²) < 4.78 is 0. The molecule has 166 valence electrons. The quantitative estimate of drug-likeness (QED) is 0.710. The van der Waals surface area contributed by atoms with E-state index in [0.29, 0.717) is 6.42 Å². The highest BCUT2D eigenvalue weighted by Crippen LogP contribution is 2.56. The lowest BCUT2D eigenvalue weighted by Crippen LogP contribution is -2.65. The Morgan fingerprint density at radius 1 is 1.12 bits per heavy atom. The number of fused-ring (bicyclic) bond motifs is 5. The van der Waals surface area contributed by atoms with E-state index in [0.717, 1.165) is 47.3 Å². The summed E-state index contributed by atoms with van der Waals surface area (Å²) in [6.45, 7) is 7.62. The van der Waals surface area contributed by atoms with E-state index in [9.17, 15) is 9.59 Å². The second-order valence-electron chi connectivity index (χ2n) is 10.4. The Kier molecular flexibility index (Phi) is 4.59. The smallest absolute Gasteiger partial charge is 0.254 e. The van der Waals surface area contributed by atoms with Gasteiger partial charge in [0, 0.05) is 55.9 Å². The molecule has 1 saturated heterocycles. The van der Waals surface area contributed by atoms with E-state index < -0.39 is 0 Å². The zero-order valence-corrected chi connectivity index (χ0v) is 19.6. The molecule has 5 nitrogen and oxygen atoms in total. The molecule has 1 fully saturated rings. The van der Waals surface area contributed by atoms with Crippen LogP contribution in [0.3, 0.4) is 0 Å². The fourth-order valence-corrected chi connectivity index (χ4v) is 6.04. The van der Waals surface area contributed by atoms with Gasteiger partial charge in [0.2, 0.25) is 0 Å². The maximum atomic E-state index is 13.7. The Bertz CT molecular complexity index is 1160. The topological polar surface area (TPSA) is 53.0 Å². The lowest BCUT2D eigenvalue weighted by molar-refractivity contribution is -0.0263. The predicted molar refractivity (Wildman–Crippen MR) is 127 cm³/mol. The van der Waals surface area contributed by atoms with E-state index in [1.54, 1.807) is 19.0 Å². The number of rotatable bonds is 2. The molecule has 2 amide bonds. The number of carbonyl (C=O) groups is 2. The minimum atomic E-state index is -0.118. The highest BCUT2D eigenvalue weighted by molar-refractivity contribution is 5.97. The van der Waals surface area contributed by atoms with E-state index in [4.69, 9.17) is 0 Å². The molecule has 2 aromatic rings. The lowest BCUT2D eigenvalue weighted by atomic mass is 9.50. The number of carbonyl (C=O) groups excluding carboxylic acids is 2. The first-order valence-electron chi connectivity index (χ1n) is 11.5. The highest BCUT2D eigenvalue weighted by atomic mass is 16.2. The first-order valence-corrected chi connectivity index (χ1v) is 11.5. The zero-order chi connectivity index (χ0) is 22.8. The van der Waals surface area contributed by atoms with Gasteiger partial charge in [0.05, 0.1) is 5.69 Å². The molecule has 0 spiro atoms. The van der Waals surface area contributed by atoms with Gasteiger partial charge >= 0.3 is 0 Å². The van der Waals surface area contributed by atoms with Gasteiger partial charge in [-0.25, -0.2) is 0 Å². The normalized spacial score (nSPS) is 24.7. The van der Waals surface area contributed by atoms with Crippen molar-refractivity contribution >= 4 is 23.7 Å². The van der Waals surface area contributed by atoms with Crippen LogP contribution in [0.15, 0.2) is 41.4 Å². The van der Waals surface area contributed by atoms with E-state index in [1.165, 1.54) is 5.56 Å². The van der Waals surface area contributed by atoms with Crippen molar-refractivity contribution in [3.05, 3.63) is 64.2 Å². The molecule has 0 unspecified atom stereocenters. The summed E-state index contributed by atoms with van der Waals surface area (Å²) in [5, 5.41) is 0. The van der Waals surface area contributed by atoms with Crippen LogP contribution in [0.1, 0.15) is 64.6 Å². The molecule has 1 aliphatic carbocycles. The molecular weight excluding hydrogens is 398 g/mol. The summed E-state index contributed by atoms with van der Waals surface area (Å²) in [5.41, 5.74) is 5.74. The number of nitrogens with zero attached hydrogens (tertiary/aromatic N) is 3. The van der Waals surface area contributed by atoms with Crippen LogP contribution in [0.5, 0.6) is 0 Å². The van der Waals surface area contributed by atoms with Crippen LogP contribution in [0.4, 0.5) is 5.69 Å². The number of benzene rings is 2. The van der Waals surface area contributed by atoms with Crippen molar-refractivity contribution in [2.24, 2.45) is 10.4 Å². The van der Waals surface area contributed by atoms with Crippen LogP contribution in [0.2, 0.25) is 0 Å². The molecule has 2 heterocycles. The zero-order valence-electron chi connectivity index (χ0n) is 19.6. The van der Waals surface area contributed by atoms with Crippen LogP contribution in [0, 0.1) is 5.41 Å². The van der Waals surface area contributed by atoms with Gasteiger partial charge in [0.25, 0.3) is 11.8 Å². The van der Waals surface area contributed by atoms with Crippen LogP contribution >= 0.6 is 0 Å². The number of hydrogen-bond donors (Lipinski definition) is 0. The predicted octanol–water partition coefficient (Wildman–Crippen LogP) is 4.40. The van der Waals surface area contributed by atoms with E-state index in [1.807, 2.05) is 36.5 Å². The third kappa shape index (κ3) is 2.79. The van der Waals surface area contributed by atoms with Crippen molar-refractivity contribution in [1.82, 2.24) is 9.80 Å². The van der Waals surface area contributed by atoms with Gasteiger partial charge in [-0.1, -0.05) is 32.9 Å². The summed E-state index contributed by atoms with van der Waals surface area (Å²) in [6.07, 6.45) is 4.26. The van der Waals surface area contributed by atoms with Crippen molar-refractivity contribution in [3.63, 3.8) is 0 Å². The molecule has 2 aromatic carbocycles. The molecule has 5 heteroatoms. The van der Waals surface area contributed by atoms with Gasteiger partial charge in [0.1, 0.15) is 0 Å². The highest BCUT2D eigenvalue weighted by Gasteiger charge is 2.57. The van der Waals surface area contributed by atoms with Crippen molar-refractivity contribution < 1.29 is 9.59 Å². The third-order valence-electron chi connectivity index (χ3n) is 8.42. The number of amides is 2. The van der Waals surface area contributed by atoms with Crippen LogP contribution < -0.4 is 0 Å². The van der Waals surface area contributed by atoms with E-state index in [-0.39, 0.29) is 28.7 Å². The van der Waals surface area contributed by atoms with Gasteiger partial charge in [-0.05, 0) is 59.2 Å². The summed E-state index contributed by atoms with van der Waals surface area (Å²) in [6, 6.07) is 12.0. The van der Waals surface area contributed by atoms with Crippen LogP contribution in [0.25, 0.3) is 0 Å². The van der Waals surface area contributed by atoms with Gasteiger partial charge < -0.3 is 9.80 Å². The van der Waals surface area contributed by atoms with Gasteiger partial charge in [0.15, 0.2) is 0 Å². The fraction of sp³-hybridized carbons (Fsp3) is 0.444. The Labute approximate surface area is 190 Å². The van der Waals surface area contributed by atoms with Crippen molar-refractivity contribution in [2.45, 2.75) is 51.5 Å². The Morgan fingerprint density at radius 3 is 2.66 bits per heavy atom. The molecule has 5 rings (SSSR count). The molecular formula is C27H31N3O2. The van der Waals surface area contributed by atoms with Crippen LogP contribution in [-0.2, 0) is 18.3 Å². The van der Waals surface area contributed by atoms with Gasteiger partial charge in [-0.15, -0.1) is 0 Å². The molecule has 0 radical (unpaired) electrons. The third-order valence-corrected chi connectivity index (χ3v) is 8.42. The first kappa shape index (κ1) is 20.9. The molecule has 2 bridgehead atoms. The minimum absolute atomic E-state index is 0.0275. The minimum Gasteiger partial charge on any atom is -0.345 e. The maximum absolute atomic E-state index is 13.7. The molecule has 0 aromatic heterocycles. The fourth-order valence-electron chi connectivity index (χ4n) is 6.04. The first-order chi connectivity index (χ1) is 15.1. The van der Waals surface area contributed by atoms with Crippen molar-refractivity contribution in [1.29, 1.82) is 0 Å². The van der Waals surface area contributed by atoms with Gasteiger partial charge in [-0.2, -0.15) is 0 Å². The monoisotopic (exact) mass is 429 g/mol. The standard InChI is InChI=1S/C27H31N3O2/c1-26(2)23-16-20-19(25(32)29(4)5)7-6-8-21(20)27(26,3)12-14-30(23)24(31)18-9-10-22-17(15-18)11-13-28-22/h6-10,13,15,23H,11-12,14,16H2,1-5H3/t23-,27+/m1/s1. The average molecular weight is 430 g/mol. The summed E-state index contributed by atoms with van der Waals surface area (Å²) in [7, 11) is 3.59. The van der Waals surface area contributed by atoms with E-state index in [2.05, 4.69) is 36.7 Å². The molecule has 0 saturated carbocycles. The lowest BCUT2D eigenvalue weighted by Gasteiger charge is -2.61. The largest absolute Gasteiger partial charge is 0.345 e. The van der Waals surface area contributed by atoms with E-state index >= 15 is 0 Å². The second-order valence-corrected chi connectivity index (χ2v) is 10.4. The summed E-state index contributed by atoms with van der Waals surface area (Å²) in [5.74, 6) is 0.111. The number of aliphatic imine (C=N–C) groups is 1. The molecule has 2 atom stereocenters. The summed E-state index contributed by atoms with van der Waals surface area (Å²) in [4.78, 5) is 34.8. The molecule has 2 aliphatic heterocycles. The Hall–Kier alpha value is -2.95. The maximum Gasteiger partial charge on any atom is 0.254 e. The summed E-state index contributed by atoms with van der Waals surface area (Å²) >= 11 is 0. The SMILES string of the molecule is CN(C)C(=O)c1cccc2c1C[C@H]1N(C(=O)c3ccc4c(c3)CC=N4)CC[C@]2(C)C1(C)C. The van der Waals surface area contributed by atoms with Gasteiger partial charge in [-0.3, -0.25) is 14.6 Å². The molecule has 3 aliphatic rings. The second kappa shape index (κ2) is 7.03. The number of likely N-dealkylation sites (tertiary alicyclic amines) is 1. The van der Waals surface area contributed by atoms with Crippen LogP contribution in [-0.4, -0.2) is 54.5 Å². The molecule has 32 heavy (non-hydrogen) atoms. The Morgan fingerprint density at radius 2 is 1.91 bits per heavy atom. The Balaban J connectivity index is 1.57. The molecule has 0 N–H and O–H groups in total.